The summed E-state index contributed by atoms with van der Waals surface area (Å²) >= 11 is 0. The van der Waals surface area contributed by atoms with E-state index in [9.17, 15) is 9.18 Å². The van der Waals surface area contributed by atoms with Crippen molar-refractivity contribution in [2.45, 2.75) is 19.3 Å². The molecular weight excluding hydrogens is 255 g/mol. The lowest BCUT2D eigenvalue weighted by Crippen LogP contribution is -2.18. The Morgan fingerprint density at radius 3 is 2.75 bits per heavy atom. The van der Waals surface area contributed by atoms with Gasteiger partial charge in [-0.1, -0.05) is 26.0 Å². The standard InChI is InChI=1S/C17H15FO2/c1-17(2)10-20-16-6-3-11(8-15(16)17)14-5-4-13(18)7-12(14)9-19/h3-9H,10H2,1-2H3. The third-order valence-electron chi connectivity index (χ3n) is 3.75. The van der Waals surface area contributed by atoms with Gasteiger partial charge in [0.25, 0.3) is 0 Å². The first-order valence-corrected chi connectivity index (χ1v) is 6.54. The number of carbonyl (C=O) groups excluding carboxylic acids is 1. The zero-order valence-electron chi connectivity index (χ0n) is 11.4. The molecule has 0 atom stereocenters. The average Bonchev–Trinajstić information content (AvgIpc) is 2.74. The SMILES string of the molecule is CC1(C)COc2ccc(-c3ccc(F)cc3C=O)cc21. The highest BCUT2D eigenvalue weighted by molar-refractivity contribution is 5.88. The Balaban J connectivity index is 2.15. The van der Waals surface area contributed by atoms with Crippen molar-refractivity contribution in [1.29, 1.82) is 0 Å². The molecule has 20 heavy (non-hydrogen) atoms. The van der Waals surface area contributed by atoms with E-state index in [0.717, 1.165) is 22.4 Å². The van der Waals surface area contributed by atoms with Crippen molar-refractivity contribution in [2.24, 2.45) is 0 Å². The first kappa shape index (κ1) is 12.9. The smallest absolute Gasteiger partial charge is 0.150 e. The van der Waals surface area contributed by atoms with Crippen LogP contribution in [-0.4, -0.2) is 12.9 Å². The Morgan fingerprint density at radius 1 is 1.20 bits per heavy atom. The van der Waals surface area contributed by atoms with Crippen LogP contribution >= 0.6 is 0 Å². The van der Waals surface area contributed by atoms with Gasteiger partial charge in [-0.2, -0.15) is 0 Å². The zero-order chi connectivity index (χ0) is 14.3. The molecule has 0 unspecified atom stereocenters. The van der Waals surface area contributed by atoms with Gasteiger partial charge in [0.1, 0.15) is 11.6 Å². The molecule has 0 saturated carbocycles. The lowest BCUT2D eigenvalue weighted by atomic mass is 9.85. The van der Waals surface area contributed by atoms with E-state index in [1.165, 1.54) is 12.1 Å². The lowest BCUT2D eigenvalue weighted by molar-refractivity contribution is 0.112. The molecule has 3 heteroatoms. The van der Waals surface area contributed by atoms with E-state index in [2.05, 4.69) is 13.8 Å². The second kappa shape index (κ2) is 4.44. The summed E-state index contributed by atoms with van der Waals surface area (Å²) in [6.45, 7) is 4.89. The molecule has 0 aromatic heterocycles. The highest BCUT2D eigenvalue weighted by atomic mass is 19.1. The van der Waals surface area contributed by atoms with Gasteiger partial charge in [-0.05, 0) is 35.4 Å². The van der Waals surface area contributed by atoms with Gasteiger partial charge in [0.15, 0.2) is 6.29 Å². The van der Waals surface area contributed by atoms with Crippen LogP contribution in [0.1, 0.15) is 29.8 Å². The van der Waals surface area contributed by atoms with E-state index < -0.39 is 5.82 Å². The first-order chi connectivity index (χ1) is 9.51. The van der Waals surface area contributed by atoms with Crippen LogP contribution < -0.4 is 4.74 Å². The van der Waals surface area contributed by atoms with Gasteiger partial charge < -0.3 is 4.74 Å². The van der Waals surface area contributed by atoms with Crippen LogP contribution in [0.4, 0.5) is 4.39 Å². The van der Waals surface area contributed by atoms with E-state index in [1.807, 2.05) is 18.2 Å². The molecule has 0 N–H and O–H groups in total. The topological polar surface area (TPSA) is 26.3 Å². The molecular formula is C17H15FO2. The fourth-order valence-corrected chi connectivity index (χ4v) is 2.58. The molecule has 0 saturated heterocycles. The van der Waals surface area contributed by atoms with E-state index in [-0.39, 0.29) is 5.41 Å². The largest absolute Gasteiger partial charge is 0.492 e. The molecule has 0 aliphatic carbocycles. The average molecular weight is 270 g/mol. The highest BCUT2D eigenvalue weighted by Gasteiger charge is 2.31. The maximum atomic E-state index is 13.2. The molecule has 0 fully saturated rings. The van der Waals surface area contributed by atoms with Gasteiger partial charge in [-0.25, -0.2) is 4.39 Å². The molecule has 0 radical (unpaired) electrons. The van der Waals surface area contributed by atoms with Crippen molar-refractivity contribution in [1.82, 2.24) is 0 Å². The van der Waals surface area contributed by atoms with Crippen molar-refractivity contribution in [2.75, 3.05) is 6.61 Å². The molecule has 2 nitrogen and oxygen atoms in total. The number of carbonyl (C=O) groups is 1. The summed E-state index contributed by atoms with van der Waals surface area (Å²) in [6, 6.07) is 10.1. The van der Waals surface area contributed by atoms with Crippen molar-refractivity contribution in [3.05, 3.63) is 53.3 Å². The molecule has 2 aromatic rings. The van der Waals surface area contributed by atoms with Crippen molar-refractivity contribution < 1.29 is 13.9 Å². The molecule has 1 aliphatic rings. The third kappa shape index (κ3) is 1.99. The maximum Gasteiger partial charge on any atom is 0.150 e. The Morgan fingerprint density at radius 2 is 2.00 bits per heavy atom. The first-order valence-electron chi connectivity index (χ1n) is 6.54. The minimum Gasteiger partial charge on any atom is -0.492 e. The van der Waals surface area contributed by atoms with Gasteiger partial charge >= 0.3 is 0 Å². The van der Waals surface area contributed by atoms with Crippen LogP contribution in [-0.2, 0) is 5.41 Å². The van der Waals surface area contributed by atoms with Crippen LogP contribution in [0.2, 0.25) is 0 Å². The number of benzene rings is 2. The van der Waals surface area contributed by atoms with Gasteiger partial charge in [-0.15, -0.1) is 0 Å². The zero-order valence-corrected chi connectivity index (χ0v) is 11.4. The lowest BCUT2D eigenvalue weighted by Gasteiger charge is -2.16. The van der Waals surface area contributed by atoms with E-state index >= 15 is 0 Å². The molecule has 0 amide bonds. The Bertz CT molecular complexity index is 689. The number of halogens is 1. The minimum atomic E-state index is -0.402. The fraction of sp³-hybridized carbons (Fsp3) is 0.235. The summed E-state index contributed by atoms with van der Waals surface area (Å²) in [4.78, 5) is 11.1. The summed E-state index contributed by atoms with van der Waals surface area (Å²) in [5, 5.41) is 0. The van der Waals surface area contributed by atoms with Crippen LogP contribution in [0.15, 0.2) is 36.4 Å². The summed E-state index contributed by atoms with van der Waals surface area (Å²) < 4.78 is 18.9. The maximum absolute atomic E-state index is 13.2. The summed E-state index contributed by atoms with van der Waals surface area (Å²) in [6.07, 6.45) is 0.688. The van der Waals surface area contributed by atoms with Gasteiger partial charge in [0.05, 0.1) is 6.61 Å². The van der Waals surface area contributed by atoms with E-state index in [0.29, 0.717) is 18.5 Å². The summed E-state index contributed by atoms with van der Waals surface area (Å²) in [5.41, 5.74) is 3.08. The van der Waals surface area contributed by atoms with Gasteiger partial charge in [0, 0.05) is 16.5 Å². The predicted molar refractivity (Wildman–Crippen MR) is 75.7 cm³/mol. The van der Waals surface area contributed by atoms with E-state index in [4.69, 9.17) is 4.74 Å². The second-order valence-corrected chi connectivity index (χ2v) is 5.73. The van der Waals surface area contributed by atoms with Crippen LogP contribution in [0.25, 0.3) is 11.1 Å². The summed E-state index contributed by atoms with van der Waals surface area (Å²) in [7, 11) is 0. The highest BCUT2D eigenvalue weighted by Crippen LogP contribution is 2.40. The molecule has 3 rings (SSSR count). The molecule has 1 aliphatic heterocycles. The molecule has 0 spiro atoms. The Hall–Kier alpha value is -2.16. The second-order valence-electron chi connectivity index (χ2n) is 5.73. The van der Waals surface area contributed by atoms with Gasteiger partial charge in [0.2, 0.25) is 0 Å². The number of aldehydes is 1. The van der Waals surface area contributed by atoms with Crippen molar-refractivity contribution >= 4 is 6.29 Å². The fourth-order valence-electron chi connectivity index (χ4n) is 2.58. The number of rotatable bonds is 2. The molecule has 0 bridgehead atoms. The number of ether oxygens (including phenoxy) is 1. The Labute approximate surface area is 117 Å². The van der Waals surface area contributed by atoms with Crippen molar-refractivity contribution in [3.63, 3.8) is 0 Å². The third-order valence-corrected chi connectivity index (χ3v) is 3.75. The monoisotopic (exact) mass is 270 g/mol. The van der Waals surface area contributed by atoms with Crippen molar-refractivity contribution in [3.8, 4) is 16.9 Å². The Kier molecular flexibility index (Phi) is 2.85. The van der Waals surface area contributed by atoms with Crippen LogP contribution in [0, 0.1) is 5.82 Å². The van der Waals surface area contributed by atoms with Crippen LogP contribution in [0.3, 0.4) is 0 Å². The molecule has 102 valence electrons. The van der Waals surface area contributed by atoms with E-state index in [1.54, 1.807) is 6.07 Å². The van der Waals surface area contributed by atoms with Crippen LogP contribution in [0.5, 0.6) is 5.75 Å². The molecule has 2 aromatic carbocycles. The summed E-state index contributed by atoms with van der Waals surface area (Å²) in [5.74, 6) is 0.481. The number of hydrogen-bond donors (Lipinski definition) is 0. The van der Waals surface area contributed by atoms with Gasteiger partial charge in [-0.3, -0.25) is 4.79 Å². The predicted octanol–water partition coefficient (Wildman–Crippen LogP) is 3.98. The number of hydrogen-bond acceptors (Lipinski definition) is 2. The quantitative estimate of drug-likeness (QED) is 0.772. The normalized spacial score (nSPS) is 15.6. The number of fused-ring (bicyclic) bond motifs is 1. The molecule has 1 heterocycles. The minimum absolute atomic E-state index is 0.0489.